The van der Waals surface area contributed by atoms with Gasteiger partial charge in [-0.05, 0) is 27.2 Å². The maximum Gasteiger partial charge on any atom is 0.410 e. The predicted molar refractivity (Wildman–Crippen MR) is 86.4 cm³/mol. The quantitative estimate of drug-likeness (QED) is 0.626. The van der Waals surface area contributed by atoms with Crippen LogP contribution in [0.3, 0.4) is 0 Å². The smallest absolute Gasteiger partial charge is 0.410 e. The molecular weight excluding hydrogens is 296 g/mol. The zero-order valence-electron chi connectivity index (χ0n) is 14.4. The maximum atomic E-state index is 12.0. The minimum Gasteiger partial charge on any atom is -0.444 e. The molecule has 0 saturated carbocycles. The van der Waals surface area contributed by atoms with E-state index in [9.17, 15) is 9.59 Å². The van der Waals surface area contributed by atoms with Gasteiger partial charge in [0.2, 0.25) is 0 Å². The molecule has 0 spiro atoms. The van der Waals surface area contributed by atoms with Gasteiger partial charge >= 0.3 is 6.09 Å². The second kappa shape index (κ2) is 8.42. The van der Waals surface area contributed by atoms with Crippen LogP contribution in [-0.4, -0.2) is 60.1 Å². The van der Waals surface area contributed by atoms with Gasteiger partial charge in [-0.25, -0.2) is 4.79 Å². The summed E-state index contributed by atoms with van der Waals surface area (Å²) in [6, 6.07) is 1.93. The summed E-state index contributed by atoms with van der Waals surface area (Å²) in [6.45, 7) is 10.1. The molecule has 23 heavy (non-hydrogen) atoms. The van der Waals surface area contributed by atoms with E-state index >= 15 is 0 Å². The van der Waals surface area contributed by atoms with E-state index in [0.29, 0.717) is 32.7 Å². The number of ether oxygens (including phenoxy) is 1. The SMILES string of the molecule is CCCNC(=O)/C(C#N)=C\N1CCN(C(=O)OC(C)(C)C)CC1. The van der Waals surface area contributed by atoms with Gasteiger partial charge in [-0.3, -0.25) is 4.79 Å². The van der Waals surface area contributed by atoms with Crippen molar-refractivity contribution >= 4 is 12.0 Å². The van der Waals surface area contributed by atoms with Crippen LogP contribution in [0, 0.1) is 11.3 Å². The van der Waals surface area contributed by atoms with E-state index in [0.717, 1.165) is 6.42 Å². The van der Waals surface area contributed by atoms with Gasteiger partial charge in [0, 0.05) is 38.9 Å². The molecule has 7 nitrogen and oxygen atoms in total. The fraction of sp³-hybridized carbons (Fsp3) is 0.688. The van der Waals surface area contributed by atoms with Crippen molar-refractivity contribution in [1.29, 1.82) is 5.26 Å². The van der Waals surface area contributed by atoms with Crippen molar-refractivity contribution in [3.05, 3.63) is 11.8 Å². The number of nitriles is 1. The summed E-state index contributed by atoms with van der Waals surface area (Å²) in [7, 11) is 0. The molecule has 0 unspecified atom stereocenters. The van der Waals surface area contributed by atoms with Crippen molar-refractivity contribution < 1.29 is 14.3 Å². The van der Waals surface area contributed by atoms with Crippen LogP contribution >= 0.6 is 0 Å². The molecule has 0 aromatic carbocycles. The largest absolute Gasteiger partial charge is 0.444 e. The Morgan fingerprint density at radius 1 is 1.26 bits per heavy atom. The Balaban J connectivity index is 2.55. The second-order valence-electron chi connectivity index (χ2n) is 6.41. The molecule has 1 rings (SSSR count). The average molecular weight is 322 g/mol. The third-order valence-corrected chi connectivity index (χ3v) is 3.18. The molecule has 2 amide bonds. The monoisotopic (exact) mass is 322 g/mol. The summed E-state index contributed by atoms with van der Waals surface area (Å²) in [5.74, 6) is -0.357. The third-order valence-electron chi connectivity index (χ3n) is 3.18. The number of nitrogens with one attached hydrogen (secondary N) is 1. The normalized spacial score (nSPS) is 15.9. The predicted octanol–water partition coefficient (Wildman–Crippen LogP) is 1.47. The lowest BCUT2D eigenvalue weighted by atomic mass is 10.2. The zero-order valence-corrected chi connectivity index (χ0v) is 14.4. The average Bonchev–Trinajstić information content (AvgIpc) is 2.49. The number of carbonyl (C=O) groups is 2. The summed E-state index contributed by atoms with van der Waals surface area (Å²) in [6.07, 6.45) is 2.05. The molecular formula is C16H26N4O3. The topological polar surface area (TPSA) is 85.7 Å². The van der Waals surface area contributed by atoms with Crippen molar-refractivity contribution in [1.82, 2.24) is 15.1 Å². The Hall–Kier alpha value is -2.23. The highest BCUT2D eigenvalue weighted by Crippen LogP contribution is 2.12. The van der Waals surface area contributed by atoms with Gasteiger partial charge in [-0.15, -0.1) is 0 Å². The van der Waals surface area contributed by atoms with E-state index in [1.807, 2.05) is 38.7 Å². The highest BCUT2D eigenvalue weighted by atomic mass is 16.6. The van der Waals surface area contributed by atoms with Gasteiger partial charge in [-0.2, -0.15) is 5.26 Å². The van der Waals surface area contributed by atoms with Gasteiger partial charge in [-0.1, -0.05) is 6.92 Å². The summed E-state index contributed by atoms with van der Waals surface area (Å²) in [5, 5.41) is 11.8. The Morgan fingerprint density at radius 2 is 1.87 bits per heavy atom. The zero-order chi connectivity index (χ0) is 17.5. The van der Waals surface area contributed by atoms with Crippen LogP contribution in [0.1, 0.15) is 34.1 Å². The number of hydrogen-bond donors (Lipinski definition) is 1. The molecule has 1 fully saturated rings. The standard InChI is InChI=1S/C16H26N4O3/c1-5-6-18-14(21)13(11-17)12-19-7-9-20(10-8-19)15(22)23-16(2,3)4/h12H,5-10H2,1-4H3,(H,18,21)/b13-12-. The number of carbonyl (C=O) groups excluding carboxylic acids is 2. The van der Waals surface area contributed by atoms with Gasteiger partial charge in [0.15, 0.2) is 0 Å². The summed E-state index contributed by atoms with van der Waals surface area (Å²) in [4.78, 5) is 27.3. The molecule has 1 saturated heterocycles. The van der Waals surface area contributed by atoms with Gasteiger partial charge in [0.1, 0.15) is 17.2 Å². The molecule has 128 valence electrons. The molecule has 1 N–H and O–H groups in total. The lowest BCUT2D eigenvalue weighted by Gasteiger charge is -2.35. The third kappa shape index (κ3) is 6.59. The van der Waals surface area contributed by atoms with Crippen LogP contribution in [0.15, 0.2) is 11.8 Å². The molecule has 0 atom stereocenters. The first kappa shape index (κ1) is 18.8. The maximum absolute atomic E-state index is 12.0. The molecule has 1 aliphatic heterocycles. The molecule has 7 heteroatoms. The highest BCUT2D eigenvalue weighted by molar-refractivity contribution is 5.97. The van der Waals surface area contributed by atoms with Crippen LogP contribution in [0.5, 0.6) is 0 Å². The van der Waals surface area contributed by atoms with Crippen LogP contribution < -0.4 is 5.32 Å². The summed E-state index contributed by atoms with van der Waals surface area (Å²) >= 11 is 0. The lowest BCUT2D eigenvalue weighted by Crippen LogP contribution is -2.48. The van der Waals surface area contributed by atoms with Gasteiger partial charge < -0.3 is 19.9 Å². The summed E-state index contributed by atoms with van der Waals surface area (Å²) < 4.78 is 5.33. The molecule has 0 aromatic heterocycles. The molecule has 0 radical (unpaired) electrons. The number of rotatable bonds is 4. The van der Waals surface area contributed by atoms with Crippen molar-refractivity contribution in [2.24, 2.45) is 0 Å². The number of nitrogens with zero attached hydrogens (tertiary/aromatic N) is 3. The van der Waals surface area contributed by atoms with E-state index in [1.54, 1.807) is 11.1 Å². The van der Waals surface area contributed by atoms with Crippen LogP contribution in [0.25, 0.3) is 0 Å². The van der Waals surface area contributed by atoms with E-state index < -0.39 is 5.60 Å². The Kier molecular flexibility index (Phi) is 6.89. The van der Waals surface area contributed by atoms with Crippen molar-refractivity contribution in [2.45, 2.75) is 39.7 Å². The molecule has 0 bridgehead atoms. The van der Waals surface area contributed by atoms with E-state index in [4.69, 9.17) is 10.00 Å². The number of hydrogen-bond acceptors (Lipinski definition) is 5. The first-order valence-corrected chi connectivity index (χ1v) is 7.89. The fourth-order valence-electron chi connectivity index (χ4n) is 2.01. The Morgan fingerprint density at radius 3 is 2.35 bits per heavy atom. The number of amides is 2. The van der Waals surface area contributed by atoms with Crippen LogP contribution in [0.2, 0.25) is 0 Å². The van der Waals surface area contributed by atoms with Crippen molar-refractivity contribution in [2.75, 3.05) is 32.7 Å². The van der Waals surface area contributed by atoms with Crippen molar-refractivity contribution in [3.63, 3.8) is 0 Å². The fourth-order valence-corrected chi connectivity index (χ4v) is 2.01. The van der Waals surface area contributed by atoms with Gasteiger partial charge in [0.05, 0.1) is 0 Å². The minimum absolute atomic E-state index is 0.0872. The van der Waals surface area contributed by atoms with E-state index in [-0.39, 0.29) is 17.6 Å². The number of piperazine rings is 1. The Bertz CT molecular complexity index is 494. The first-order chi connectivity index (χ1) is 10.8. The molecule has 1 aliphatic rings. The highest BCUT2D eigenvalue weighted by Gasteiger charge is 2.25. The van der Waals surface area contributed by atoms with Crippen LogP contribution in [-0.2, 0) is 9.53 Å². The minimum atomic E-state index is -0.514. The Labute approximate surface area is 137 Å². The summed E-state index contributed by atoms with van der Waals surface area (Å²) in [5.41, 5.74) is -0.427. The van der Waals surface area contributed by atoms with E-state index in [2.05, 4.69) is 5.32 Å². The van der Waals surface area contributed by atoms with Crippen molar-refractivity contribution in [3.8, 4) is 6.07 Å². The van der Waals surface area contributed by atoms with E-state index in [1.165, 1.54) is 0 Å². The van der Waals surface area contributed by atoms with Crippen LogP contribution in [0.4, 0.5) is 4.79 Å². The first-order valence-electron chi connectivity index (χ1n) is 7.89. The molecule has 0 aromatic rings. The molecule has 1 heterocycles. The van der Waals surface area contributed by atoms with Gasteiger partial charge in [0.25, 0.3) is 5.91 Å². The lowest BCUT2D eigenvalue weighted by molar-refractivity contribution is -0.117. The molecule has 0 aliphatic carbocycles. The second-order valence-corrected chi connectivity index (χ2v) is 6.41.